The van der Waals surface area contributed by atoms with Gasteiger partial charge in [-0.3, -0.25) is 28.8 Å². The van der Waals surface area contributed by atoms with Gasteiger partial charge in [0.1, 0.15) is 25.7 Å². The highest BCUT2D eigenvalue weighted by atomic mass is 32.2. The molecular formula is C49H75BN2O14S. The molecule has 67 heavy (non-hydrogen) atoms. The van der Waals surface area contributed by atoms with E-state index in [4.69, 9.17) is 32.4 Å². The molecule has 0 aromatic heterocycles. The molecule has 3 saturated heterocycles. The standard InChI is InChI=1S/C49H75BN2O14S/c1-27-19-28(2)21-36(16-18-62-48(60)65-52-41(55)14-15-42(52)56)39(54)25-38(53)34(8)44(32(6)24-35-12-13-40(29(3)23-35)66-67-26-50)63-47(59)37-11-9-10-17-51(37)46(58)45(57)49(61)33(7)22-31(5)43(64-49)30(4)20-27/h21,24,27,29-31,33-38,40,43-44,53,61H,9-20,22-23,25-26,50H2,1-8H3/b28-21+,32-24+/t27-,29?,30-,31?,33?,34+,35?,36+,37?,38?,40+,43?,44+,49?/m0/s1/i50TD,53T. The number of ether oxygens (including phenoxy) is 3. The van der Waals surface area contributed by atoms with Crippen LogP contribution in [0.3, 0.4) is 0 Å². The van der Waals surface area contributed by atoms with E-state index in [2.05, 4.69) is 6.92 Å². The van der Waals surface area contributed by atoms with Crippen molar-refractivity contribution in [2.45, 2.75) is 175 Å². The highest BCUT2D eigenvalue weighted by Crippen LogP contribution is 2.42. The molecule has 0 spiro atoms. The van der Waals surface area contributed by atoms with Gasteiger partial charge in [-0.2, -0.15) is 0 Å². The number of amides is 3. The Morgan fingerprint density at radius 1 is 1.01 bits per heavy atom. The number of rotatable bonds is 11. The van der Waals surface area contributed by atoms with Gasteiger partial charge in [-0.1, -0.05) is 64.3 Å². The summed E-state index contributed by atoms with van der Waals surface area (Å²) in [4.78, 5) is 101. The fourth-order valence-corrected chi connectivity index (χ4v) is 11.5. The maximum atomic E-state index is 14.6. The Hall–Kier alpha value is -3.58. The van der Waals surface area contributed by atoms with E-state index in [1.807, 2.05) is 40.7 Å². The van der Waals surface area contributed by atoms with Crippen LogP contribution in [0.25, 0.3) is 0 Å². The molecule has 5 aliphatic rings. The quantitative estimate of drug-likeness (QED) is 0.0626. The predicted octanol–water partition coefficient (Wildman–Crippen LogP) is 5.80. The number of cyclic esters (lactones) is 1. The Bertz CT molecular complexity index is 1950. The summed E-state index contributed by atoms with van der Waals surface area (Å²) in [6, 6.07) is -1.18. The van der Waals surface area contributed by atoms with Crippen molar-refractivity contribution in [3.63, 3.8) is 0 Å². The first-order chi connectivity index (χ1) is 33.0. The van der Waals surface area contributed by atoms with Crippen molar-refractivity contribution in [3.05, 3.63) is 23.3 Å². The molecule has 16 nitrogen and oxygen atoms in total. The molecule has 14 atom stereocenters. The van der Waals surface area contributed by atoms with Crippen molar-refractivity contribution in [1.82, 2.24) is 9.96 Å². The number of fused-ring (bicyclic) bond motifs is 3. The number of hydrogen-bond donors (Lipinski definition) is 2. The van der Waals surface area contributed by atoms with Gasteiger partial charge in [0, 0.05) is 43.6 Å². The van der Waals surface area contributed by atoms with Gasteiger partial charge in [0.2, 0.25) is 7.22 Å². The van der Waals surface area contributed by atoms with Gasteiger partial charge in [0.25, 0.3) is 23.5 Å². The second kappa shape index (κ2) is 24.3. The third-order valence-corrected chi connectivity index (χ3v) is 15.1. The molecule has 4 fully saturated rings. The maximum absolute atomic E-state index is 14.6. The topological polar surface area (TPSA) is 213 Å². The van der Waals surface area contributed by atoms with Crippen LogP contribution in [-0.4, -0.2) is 129 Å². The number of allylic oxidation sites excluding steroid dienone is 3. The van der Waals surface area contributed by atoms with Crippen molar-refractivity contribution in [1.29, 1.82) is 4.10 Å². The third-order valence-electron chi connectivity index (χ3n) is 14.6. The van der Waals surface area contributed by atoms with Crippen LogP contribution in [0, 0.1) is 47.3 Å². The van der Waals surface area contributed by atoms with E-state index < -0.39 is 91.3 Å². The number of hydroxylamine groups is 2. The number of aliphatic hydroxyl groups is 2. The Labute approximate surface area is 405 Å². The molecule has 0 aromatic carbocycles. The van der Waals surface area contributed by atoms with Gasteiger partial charge >= 0.3 is 12.1 Å². The minimum atomic E-state index is -2.44. The lowest BCUT2D eigenvalue weighted by atomic mass is 9.76. The summed E-state index contributed by atoms with van der Waals surface area (Å²) in [5.74, 6) is -9.56. The Kier molecular flexibility index (Phi) is 18.1. The van der Waals surface area contributed by atoms with Crippen LogP contribution in [0.15, 0.2) is 23.3 Å². The molecule has 2 bridgehead atoms. The summed E-state index contributed by atoms with van der Waals surface area (Å²) in [6.07, 6.45) is 4.11. The second-order valence-electron chi connectivity index (χ2n) is 20.2. The Morgan fingerprint density at radius 3 is 2.42 bits per heavy atom. The number of Topliss-reactive ketones (excluding diaryl/α,β-unsaturated/α-hetero) is 2. The molecule has 4 aliphatic heterocycles. The number of nitrogens with zero attached hydrogens (tertiary/aromatic N) is 2. The van der Waals surface area contributed by atoms with E-state index in [0.29, 0.717) is 49.2 Å². The van der Waals surface area contributed by atoms with Gasteiger partial charge < -0.3 is 33.5 Å². The smallest absolute Gasteiger partial charge is 0.456 e. The van der Waals surface area contributed by atoms with Gasteiger partial charge in [-0.15, -0.1) is 0 Å². The Morgan fingerprint density at radius 2 is 1.73 bits per heavy atom. The minimum Gasteiger partial charge on any atom is -0.456 e. The van der Waals surface area contributed by atoms with Gasteiger partial charge in [0.05, 0.1) is 24.9 Å². The van der Waals surface area contributed by atoms with Crippen LogP contribution in [0.5, 0.6) is 0 Å². The molecule has 2 N–H and O–H groups in total. The first-order valence-electron chi connectivity index (χ1n) is 25.9. The van der Waals surface area contributed by atoms with E-state index in [0.717, 1.165) is 30.5 Å². The average Bonchev–Trinajstić information content (AvgIpc) is 3.62. The summed E-state index contributed by atoms with van der Waals surface area (Å²) < 4.78 is 47.3. The zero-order valence-electron chi connectivity index (χ0n) is 43.6. The molecule has 0 aromatic rings. The molecule has 3 amide bonds. The summed E-state index contributed by atoms with van der Waals surface area (Å²) in [6.45, 7) is 14.9. The molecule has 374 valence electrons. The summed E-state index contributed by atoms with van der Waals surface area (Å²) in [5, 5.41) is 17.8. The number of imide groups is 1. The van der Waals surface area contributed by atoms with Crippen LogP contribution in [0.1, 0.15) is 139 Å². The number of ketones is 2. The average molecular weight is 964 g/mol. The number of hydrogen-bond acceptors (Lipinski definition) is 15. The lowest BCUT2D eigenvalue weighted by Crippen LogP contribution is -2.62. The number of carbonyl (C=O) groups is 7. The highest BCUT2D eigenvalue weighted by molar-refractivity contribution is 7.95. The molecular weight excluding hydrogens is 883 g/mol. The van der Waals surface area contributed by atoms with Crippen molar-refractivity contribution >= 4 is 61.2 Å². The molecule has 18 heteroatoms. The molecule has 1 aliphatic carbocycles. The first-order valence-corrected chi connectivity index (χ1v) is 25.2. The molecule has 0 radical (unpaired) electrons. The summed E-state index contributed by atoms with van der Waals surface area (Å²) in [5.41, 5.74) is 1.70. The first kappa shape index (κ1) is 49.8. The maximum Gasteiger partial charge on any atom is 0.533 e. The molecule has 4 heterocycles. The van der Waals surface area contributed by atoms with Crippen molar-refractivity contribution in [2.24, 2.45) is 47.3 Å². The monoisotopic (exact) mass is 964 g/mol. The van der Waals surface area contributed by atoms with Crippen LogP contribution >= 0.6 is 12.0 Å². The van der Waals surface area contributed by atoms with Crippen LogP contribution in [0.2, 0.25) is 0 Å². The second-order valence-corrected chi connectivity index (χ2v) is 21.0. The van der Waals surface area contributed by atoms with E-state index in [-0.39, 0.29) is 92.4 Å². The lowest BCUT2D eigenvalue weighted by Gasteiger charge is -2.46. The van der Waals surface area contributed by atoms with Gasteiger partial charge in [0.15, 0.2) is 0 Å². The van der Waals surface area contributed by atoms with E-state index in [9.17, 15) is 38.7 Å². The van der Waals surface area contributed by atoms with Crippen molar-refractivity contribution in [3.8, 4) is 0 Å². The minimum absolute atomic E-state index is 0.0187. The number of piperidine rings is 1. The zero-order chi connectivity index (χ0) is 51.6. The normalized spacial score (nSPS) is 38.3. The van der Waals surface area contributed by atoms with E-state index in [1.54, 1.807) is 19.9 Å². The lowest BCUT2D eigenvalue weighted by molar-refractivity contribution is -0.282. The fourth-order valence-electron chi connectivity index (χ4n) is 11.0. The molecule has 8 unspecified atom stereocenters. The zero-order valence-corrected chi connectivity index (χ0v) is 41.4. The number of esters is 1. The third kappa shape index (κ3) is 13.8. The van der Waals surface area contributed by atoms with Crippen LogP contribution in [0.4, 0.5) is 4.79 Å². The fraction of sp³-hybridized carbons (Fsp3) is 0.776. The summed E-state index contributed by atoms with van der Waals surface area (Å²) >= 11 is 1.13. The van der Waals surface area contributed by atoms with Gasteiger partial charge in [-0.05, 0) is 134 Å². The van der Waals surface area contributed by atoms with Crippen molar-refractivity contribution in [2.75, 3.05) is 18.8 Å². The van der Waals surface area contributed by atoms with E-state index in [1.165, 1.54) is 4.90 Å². The highest BCUT2D eigenvalue weighted by Gasteiger charge is 2.55. The van der Waals surface area contributed by atoms with Crippen LogP contribution in [-0.2, 0) is 52.0 Å². The Balaban J connectivity index is 1.49. The largest absolute Gasteiger partial charge is 0.533 e. The molecule has 1 saturated carbocycles. The van der Waals surface area contributed by atoms with Gasteiger partial charge in [-0.25, -0.2) is 9.59 Å². The molecule has 5 rings (SSSR count). The SMILES string of the molecule is [2H]B([3H])CSO[C@@H]1CCC(/C=C(\C)[C@H]2OC(=O)C3CCCCN3C(=O)C(=O)C3(O)OC(C(C)CC3C)[C@@H](C)C[C@@H](C)C/C(C)=C/[C@@H](CCOC(=O)ON3C(=O)CCC3=O)C(=O)CC(O[3H])[C@H]2C)CC1C. The predicted molar refractivity (Wildman–Crippen MR) is 251 cm³/mol. The summed E-state index contributed by atoms with van der Waals surface area (Å²) in [7, 11) is -1.00. The number of carbonyl (C=O) groups excluding carboxylic acids is 7. The number of aliphatic hydroxyl groups excluding tert-OH is 1. The van der Waals surface area contributed by atoms with Crippen molar-refractivity contribution < 1.29 is 67.0 Å². The van der Waals surface area contributed by atoms with E-state index >= 15 is 0 Å². The van der Waals surface area contributed by atoms with Crippen LogP contribution < -0.4 is 0 Å².